The van der Waals surface area contributed by atoms with E-state index in [2.05, 4.69) is 10.3 Å². The molecule has 0 aliphatic heterocycles. The molecular weight excluding hydrogens is 282 g/mol. The van der Waals surface area contributed by atoms with Crippen molar-refractivity contribution in [3.63, 3.8) is 0 Å². The molecule has 0 radical (unpaired) electrons. The molecule has 0 fully saturated rings. The molecule has 96 valence electrons. The van der Waals surface area contributed by atoms with Gasteiger partial charge in [-0.1, -0.05) is 23.7 Å². The third-order valence-corrected chi connectivity index (χ3v) is 4.04. The fraction of sp³-hybridized carbons (Fsp3) is 0.0769. The van der Waals surface area contributed by atoms with E-state index in [0.717, 1.165) is 11.0 Å². The molecule has 1 N–H and O–H groups in total. The average molecular weight is 292 g/mol. The maximum atomic E-state index is 12.0. The molecular formula is C13H10ClN3OS. The van der Waals surface area contributed by atoms with Gasteiger partial charge in [0.2, 0.25) is 5.95 Å². The summed E-state index contributed by atoms with van der Waals surface area (Å²) < 4.78 is 2.44. The van der Waals surface area contributed by atoms with Gasteiger partial charge in [0.1, 0.15) is 0 Å². The average Bonchev–Trinajstić information content (AvgIpc) is 2.96. The highest BCUT2D eigenvalue weighted by molar-refractivity contribution is 7.18. The Bertz CT molecular complexity index is 762. The summed E-state index contributed by atoms with van der Waals surface area (Å²) in [5.41, 5.74) is 1.83. The number of aryl methyl sites for hydroxylation is 1. The molecule has 4 nitrogen and oxygen atoms in total. The van der Waals surface area contributed by atoms with Crippen molar-refractivity contribution in [1.29, 1.82) is 0 Å². The van der Waals surface area contributed by atoms with E-state index >= 15 is 0 Å². The first-order chi connectivity index (χ1) is 9.15. The number of imidazole rings is 1. The van der Waals surface area contributed by atoms with Gasteiger partial charge in [-0.05, 0) is 24.3 Å². The van der Waals surface area contributed by atoms with Gasteiger partial charge in [-0.3, -0.25) is 10.1 Å². The Labute approximate surface area is 118 Å². The fourth-order valence-corrected chi connectivity index (χ4v) is 2.80. The van der Waals surface area contributed by atoms with Crippen molar-refractivity contribution in [2.45, 2.75) is 0 Å². The van der Waals surface area contributed by atoms with E-state index in [-0.39, 0.29) is 5.91 Å². The Kier molecular flexibility index (Phi) is 3.00. The number of thiophene rings is 1. The number of carbonyl (C=O) groups is 1. The van der Waals surface area contributed by atoms with E-state index in [1.807, 2.05) is 35.9 Å². The quantitative estimate of drug-likeness (QED) is 0.785. The van der Waals surface area contributed by atoms with Crippen molar-refractivity contribution in [3.05, 3.63) is 45.6 Å². The minimum Gasteiger partial charge on any atom is -0.313 e. The Hall–Kier alpha value is -1.85. The zero-order valence-electron chi connectivity index (χ0n) is 10.1. The number of carbonyl (C=O) groups excluding carboxylic acids is 1. The normalized spacial score (nSPS) is 10.8. The predicted molar refractivity (Wildman–Crippen MR) is 78.0 cm³/mol. The van der Waals surface area contributed by atoms with Crippen LogP contribution in [0.1, 0.15) is 9.67 Å². The summed E-state index contributed by atoms with van der Waals surface area (Å²) in [6.45, 7) is 0. The van der Waals surface area contributed by atoms with Gasteiger partial charge in [-0.25, -0.2) is 4.98 Å². The highest BCUT2D eigenvalue weighted by Gasteiger charge is 2.13. The number of rotatable bonds is 2. The summed E-state index contributed by atoms with van der Waals surface area (Å²) in [4.78, 5) is 17.0. The molecule has 0 saturated carbocycles. The van der Waals surface area contributed by atoms with Crippen LogP contribution in [0.25, 0.3) is 11.0 Å². The van der Waals surface area contributed by atoms with Gasteiger partial charge in [0.05, 0.1) is 20.2 Å². The van der Waals surface area contributed by atoms with E-state index < -0.39 is 0 Å². The lowest BCUT2D eigenvalue weighted by atomic mass is 10.3. The van der Waals surface area contributed by atoms with Crippen LogP contribution in [0.5, 0.6) is 0 Å². The lowest BCUT2D eigenvalue weighted by Gasteiger charge is -2.03. The summed E-state index contributed by atoms with van der Waals surface area (Å²) >= 11 is 7.06. The maximum Gasteiger partial charge on any atom is 0.268 e. The zero-order valence-corrected chi connectivity index (χ0v) is 11.6. The lowest BCUT2D eigenvalue weighted by Crippen LogP contribution is -2.13. The summed E-state index contributed by atoms with van der Waals surface area (Å²) in [6.07, 6.45) is 0. The number of amides is 1. The number of nitrogens with one attached hydrogen (secondary N) is 1. The first-order valence-corrected chi connectivity index (χ1v) is 6.83. The van der Waals surface area contributed by atoms with E-state index in [1.54, 1.807) is 12.1 Å². The number of benzene rings is 1. The molecule has 0 unspecified atom stereocenters. The van der Waals surface area contributed by atoms with E-state index in [1.165, 1.54) is 11.3 Å². The smallest absolute Gasteiger partial charge is 0.268 e. The third-order valence-electron chi connectivity index (χ3n) is 2.81. The minimum absolute atomic E-state index is 0.199. The van der Waals surface area contributed by atoms with Gasteiger partial charge in [0.25, 0.3) is 5.91 Å². The van der Waals surface area contributed by atoms with Crippen LogP contribution in [0.4, 0.5) is 5.95 Å². The van der Waals surface area contributed by atoms with Gasteiger partial charge in [-0.2, -0.15) is 0 Å². The molecule has 0 bridgehead atoms. The number of hydrogen-bond donors (Lipinski definition) is 1. The van der Waals surface area contributed by atoms with Crippen LogP contribution in [0.3, 0.4) is 0 Å². The Morgan fingerprint density at radius 2 is 2.11 bits per heavy atom. The topological polar surface area (TPSA) is 46.9 Å². The number of aromatic nitrogens is 2. The van der Waals surface area contributed by atoms with Crippen molar-refractivity contribution in [2.24, 2.45) is 7.05 Å². The SMILES string of the molecule is Cn1c(NC(=O)c2ccc(Cl)s2)nc2ccccc21. The van der Waals surface area contributed by atoms with Crippen molar-refractivity contribution in [3.8, 4) is 0 Å². The summed E-state index contributed by atoms with van der Waals surface area (Å²) in [7, 11) is 1.87. The Balaban J connectivity index is 1.93. The molecule has 2 heterocycles. The zero-order chi connectivity index (χ0) is 13.4. The molecule has 3 aromatic rings. The van der Waals surface area contributed by atoms with E-state index in [4.69, 9.17) is 11.6 Å². The van der Waals surface area contributed by atoms with Crippen LogP contribution < -0.4 is 5.32 Å². The van der Waals surface area contributed by atoms with Crippen LogP contribution in [-0.2, 0) is 7.05 Å². The standard InChI is InChI=1S/C13H10ClN3OS/c1-17-9-5-3-2-4-8(9)15-13(17)16-12(18)10-6-7-11(14)19-10/h2-7H,1H3,(H,15,16,18). The summed E-state index contributed by atoms with van der Waals surface area (Å²) in [5, 5.41) is 2.79. The lowest BCUT2D eigenvalue weighted by molar-refractivity contribution is 0.102. The molecule has 19 heavy (non-hydrogen) atoms. The van der Waals surface area contributed by atoms with Crippen LogP contribution in [-0.4, -0.2) is 15.5 Å². The molecule has 2 aromatic heterocycles. The Morgan fingerprint density at radius 3 is 2.79 bits per heavy atom. The predicted octanol–water partition coefficient (Wildman–Crippen LogP) is 3.54. The summed E-state index contributed by atoms with van der Waals surface area (Å²) in [6, 6.07) is 11.1. The van der Waals surface area contributed by atoms with Crippen molar-refractivity contribution in [2.75, 3.05) is 5.32 Å². The minimum atomic E-state index is -0.199. The monoisotopic (exact) mass is 291 g/mol. The number of hydrogen-bond acceptors (Lipinski definition) is 3. The highest BCUT2D eigenvalue weighted by Crippen LogP contribution is 2.23. The second-order valence-electron chi connectivity index (χ2n) is 4.04. The number of fused-ring (bicyclic) bond motifs is 1. The van der Waals surface area contributed by atoms with E-state index in [9.17, 15) is 4.79 Å². The van der Waals surface area contributed by atoms with Gasteiger partial charge in [0.15, 0.2) is 0 Å². The van der Waals surface area contributed by atoms with Gasteiger partial charge in [-0.15, -0.1) is 11.3 Å². The molecule has 0 atom stereocenters. The maximum absolute atomic E-state index is 12.0. The van der Waals surface area contributed by atoms with E-state index in [0.29, 0.717) is 15.2 Å². The number of para-hydroxylation sites is 2. The van der Waals surface area contributed by atoms with Gasteiger partial charge < -0.3 is 4.57 Å². The second kappa shape index (κ2) is 4.68. The van der Waals surface area contributed by atoms with Crippen LogP contribution in [0, 0.1) is 0 Å². The van der Waals surface area contributed by atoms with Crippen molar-refractivity contribution >= 4 is 45.8 Å². The van der Waals surface area contributed by atoms with Crippen LogP contribution >= 0.6 is 22.9 Å². The molecule has 6 heteroatoms. The second-order valence-corrected chi connectivity index (χ2v) is 5.76. The molecule has 1 aromatic carbocycles. The fourth-order valence-electron chi connectivity index (χ4n) is 1.86. The Morgan fingerprint density at radius 1 is 1.32 bits per heavy atom. The number of anilines is 1. The van der Waals surface area contributed by atoms with Gasteiger partial charge in [0, 0.05) is 7.05 Å². The first kappa shape index (κ1) is 12.2. The van der Waals surface area contributed by atoms with Gasteiger partial charge >= 0.3 is 0 Å². The van der Waals surface area contributed by atoms with Crippen LogP contribution in [0.15, 0.2) is 36.4 Å². The summed E-state index contributed by atoms with van der Waals surface area (Å²) in [5.74, 6) is 0.325. The molecule has 0 spiro atoms. The van der Waals surface area contributed by atoms with Crippen LogP contribution in [0.2, 0.25) is 4.34 Å². The first-order valence-electron chi connectivity index (χ1n) is 5.63. The molecule has 0 aliphatic carbocycles. The largest absolute Gasteiger partial charge is 0.313 e. The molecule has 3 rings (SSSR count). The third kappa shape index (κ3) is 2.22. The van der Waals surface area contributed by atoms with Crippen molar-refractivity contribution < 1.29 is 4.79 Å². The van der Waals surface area contributed by atoms with Crippen molar-refractivity contribution in [1.82, 2.24) is 9.55 Å². The number of halogens is 1. The molecule has 0 aliphatic rings. The molecule has 1 amide bonds. The highest BCUT2D eigenvalue weighted by atomic mass is 35.5. The number of nitrogens with zero attached hydrogens (tertiary/aromatic N) is 2. The molecule has 0 saturated heterocycles.